The van der Waals surface area contributed by atoms with Crippen molar-refractivity contribution >= 4 is 45.2 Å². The van der Waals surface area contributed by atoms with Crippen molar-refractivity contribution in [3.8, 4) is 11.1 Å². The lowest BCUT2D eigenvalue weighted by molar-refractivity contribution is -0.143. The van der Waals surface area contributed by atoms with E-state index in [-0.39, 0.29) is 29.9 Å². The number of nitrogens with zero attached hydrogens (tertiary/aromatic N) is 2. The van der Waals surface area contributed by atoms with Crippen LogP contribution >= 0.6 is 23.1 Å². The van der Waals surface area contributed by atoms with Crippen molar-refractivity contribution < 1.29 is 18.7 Å². The fourth-order valence-electron chi connectivity index (χ4n) is 2.68. The van der Waals surface area contributed by atoms with Crippen LogP contribution in [0.15, 0.2) is 41.0 Å². The van der Waals surface area contributed by atoms with Crippen LogP contribution in [-0.2, 0) is 14.3 Å². The molecule has 3 rings (SSSR count). The highest BCUT2D eigenvalue weighted by Crippen LogP contribution is 2.37. The molecular weight excluding hydrogens is 413 g/mol. The summed E-state index contributed by atoms with van der Waals surface area (Å²) in [7, 11) is 0. The van der Waals surface area contributed by atoms with Crippen molar-refractivity contribution in [2.75, 3.05) is 18.9 Å². The van der Waals surface area contributed by atoms with E-state index in [2.05, 4.69) is 15.3 Å². The van der Waals surface area contributed by atoms with E-state index in [1.54, 1.807) is 19.1 Å². The zero-order valence-electron chi connectivity index (χ0n) is 15.8. The molecule has 1 aromatic carbocycles. The number of carbonyl (C=O) groups excluding carboxylic acids is 2. The Labute approximate surface area is 175 Å². The number of esters is 1. The molecule has 0 radical (unpaired) electrons. The Hall–Kier alpha value is -2.52. The van der Waals surface area contributed by atoms with Gasteiger partial charge in [0.1, 0.15) is 22.0 Å². The standard InChI is InChI=1S/C20H20FN3O3S2/c1-2-27-17(26)4-3-9-22-16(25)11-29-20-18-15(10-28-19(18)23-12-24-20)13-5-7-14(21)8-6-13/h5-8,10,12H,2-4,9,11H2,1H3,(H,22,25). The number of halogens is 1. The molecule has 6 nitrogen and oxygen atoms in total. The van der Waals surface area contributed by atoms with Gasteiger partial charge in [-0.15, -0.1) is 11.3 Å². The summed E-state index contributed by atoms with van der Waals surface area (Å²) in [5.74, 6) is -0.488. The number of nitrogens with one attached hydrogen (secondary N) is 1. The molecule has 9 heteroatoms. The summed E-state index contributed by atoms with van der Waals surface area (Å²) in [5, 5.41) is 6.33. The molecule has 0 fully saturated rings. The topological polar surface area (TPSA) is 81.2 Å². The number of benzene rings is 1. The first-order valence-corrected chi connectivity index (χ1v) is 11.0. The molecule has 0 bridgehead atoms. The Morgan fingerprint density at radius 2 is 2.03 bits per heavy atom. The summed E-state index contributed by atoms with van der Waals surface area (Å²) in [6.07, 6.45) is 2.29. The summed E-state index contributed by atoms with van der Waals surface area (Å²) in [4.78, 5) is 32.9. The quantitative estimate of drug-likeness (QED) is 0.237. The second kappa shape index (κ2) is 10.3. The fourth-order valence-corrected chi connectivity index (χ4v) is 4.50. The Bertz CT molecular complexity index is 992. The minimum Gasteiger partial charge on any atom is -0.466 e. The van der Waals surface area contributed by atoms with Gasteiger partial charge in [0.25, 0.3) is 0 Å². The van der Waals surface area contributed by atoms with Crippen molar-refractivity contribution in [2.24, 2.45) is 0 Å². The van der Waals surface area contributed by atoms with E-state index in [1.807, 2.05) is 5.38 Å². The highest BCUT2D eigenvalue weighted by atomic mass is 32.2. The molecule has 0 aliphatic carbocycles. The summed E-state index contributed by atoms with van der Waals surface area (Å²) in [6.45, 7) is 2.53. The van der Waals surface area contributed by atoms with Gasteiger partial charge in [-0.25, -0.2) is 14.4 Å². The van der Waals surface area contributed by atoms with Gasteiger partial charge in [-0.2, -0.15) is 0 Å². The first kappa shape index (κ1) is 21.2. The van der Waals surface area contributed by atoms with E-state index >= 15 is 0 Å². The minimum absolute atomic E-state index is 0.135. The van der Waals surface area contributed by atoms with Crippen LogP contribution in [0.4, 0.5) is 4.39 Å². The van der Waals surface area contributed by atoms with Gasteiger partial charge in [0.15, 0.2) is 0 Å². The molecular formula is C20H20FN3O3S2. The number of aromatic nitrogens is 2. The van der Waals surface area contributed by atoms with Crippen LogP contribution in [0.3, 0.4) is 0 Å². The average Bonchev–Trinajstić information content (AvgIpc) is 3.15. The first-order valence-electron chi connectivity index (χ1n) is 9.11. The molecule has 1 N–H and O–H groups in total. The van der Waals surface area contributed by atoms with Crippen LogP contribution in [0.2, 0.25) is 0 Å². The number of hydrogen-bond acceptors (Lipinski definition) is 7. The molecule has 29 heavy (non-hydrogen) atoms. The van der Waals surface area contributed by atoms with Crippen molar-refractivity contribution in [3.05, 3.63) is 41.8 Å². The number of hydrogen-bond donors (Lipinski definition) is 1. The van der Waals surface area contributed by atoms with Gasteiger partial charge >= 0.3 is 5.97 Å². The molecule has 0 atom stereocenters. The zero-order valence-corrected chi connectivity index (χ0v) is 17.4. The molecule has 2 aromatic heterocycles. The second-order valence-corrected chi connectivity index (χ2v) is 7.88. The molecule has 0 saturated carbocycles. The Morgan fingerprint density at radius 3 is 2.79 bits per heavy atom. The van der Waals surface area contributed by atoms with Crippen LogP contribution in [0.25, 0.3) is 21.3 Å². The summed E-state index contributed by atoms with van der Waals surface area (Å²) >= 11 is 2.81. The Morgan fingerprint density at radius 1 is 1.24 bits per heavy atom. The molecule has 2 heterocycles. The maximum absolute atomic E-state index is 13.2. The predicted molar refractivity (Wildman–Crippen MR) is 112 cm³/mol. The molecule has 3 aromatic rings. The number of fused-ring (bicyclic) bond motifs is 1. The van der Waals surface area contributed by atoms with Crippen LogP contribution < -0.4 is 5.32 Å². The lowest BCUT2D eigenvalue weighted by atomic mass is 10.1. The van der Waals surface area contributed by atoms with Gasteiger partial charge in [0, 0.05) is 23.9 Å². The van der Waals surface area contributed by atoms with Crippen LogP contribution in [-0.4, -0.2) is 40.7 Å². The van der Waals surface area contributed by atoms with E-state index < -0.39 is 0 Å². The van der Waals surface area contributed by atoms with Gasteiger partial charge in [0.2, 0.25) is 5.91 Å². The van der Waals surface area contributed by atoms with Gasteiger partial charge < -0.3 is 10.1 Å². The predicted octanol–water partition coefficient (Wildman–Crippen LogP) is 4.05. The number of ether oxygens (including phenoxy) is 1. The van der Waals surface area contributed by atoms with Gasteiger partial charge in [-0.3, -0.25) is 9.59 Å². The Kier molecular flexibility index (Phi) is 7.54. The highest BCUT2D eigenvalue weighted by Gasteiger charge is 2.15. The summed E-state index contributed by atoms with van der Waals surface area (Å²) < 4.78 is 18.1. The Balaban J connectivity index is 1.62. The first-order chi connectivity index (χ1) is 14.1. The fraction of sp³-hybridized carbons (Fsp3) is 0.300. The highest BCUT2D eigenvalue weighted by molar-refractivity contribution is 8.00. The minimum atomic E-state index is -0.293. The summed E-state index contributed by atoms with van der Waals surface area (Å²) in [6, 6.07) is 6.27. The van der Waals surface area contributed by atoms with Crippen LogP contribution in [0, 0.1) is 5.82 Å². The van der Waals surface area contributed by atoms with Crippen molar-refractivity contribution in [3.63, 3.8) is 0 Å². The SMILES string of the molecule is CCOC(=O)CCCNC(=O)CSc1ncnc2scc(-c3ccc(F)cc3)c12. The molecule has 0 unspecified atom stereocenters. The molecule has 0 saturated heterocycles. The van der Waals surface area contributed by atoms with Crippen LogP contribution in [0.5, 0.6) is 0 Å². The number of amides is 1. The van der Waals surface area contributed by atoms with Gasteiger partial charge in [0.05, 0.1) is 17.7 Å². The van der Waals surface area contributed by atoms with Crippen molar-refractivity contribution in [1.29, 1.82) is 0 Å². The zero-order chi connectivity index (χ0) is 20.6. The number of thioether (sulfide) groups is 1. The lowest BCUT2D eigenvalue weighted by Crippen LogP contribution is -2.26. The summed E-state index contributed by atoms with van der Waals surface area (Å²) in [5.41, 5.74) is 1.79. The number of rotatable bonds is 9. The van der Waals surface area contributed by atoms with E-state index in [1.165, 1.54) is 41.6 Å². The molecule has 0 aliphatic heterocycles. The maximum atomic E-state index is 13.2. The number of thiophene rings is 1. The maximum Gasteiger partial charge on any atom is 0.305 e. The van der Waals surface area contributed by atoms with Gasteiger partial charge in [-0.05, 0) is 31.0 Å². The monoisotopic (exact) mass is 433 g/mol. The third-order valence-corrected chi connectivity index (χ3v) is 5.89. The van der Waals surface area contributed by atoms with E-state index in [0.29, 0.717) is 24.6 Å². The van der Waals surface area contributed by atoms with E-state index in [9.17, 15) is 14.0 Å². The third kappa shape index (κ3) is 5.74. The van der Waals surface area contributed by atoms with E-state index in [4.69, 9.17) is 4.74 Å². The third-order valence-electron chi connectivity index (χ3n) is 4.02. The lowest BCUT2D eigenvalue weighted by Gasteiger charge is -2.07. The van der Waals surface area contributed by atoms with Crippen molar-refractivity contribution in [2.45, 2.75) is 24.8 Å². The number of carbonyl (C=O) groups is 2. The van der Waals surface area contributed by atoms with Crippen molar-refractivity contribution in [1.82, 2.24) is 15.3 Å². The largest absolute Gasteiger partial charge is 0.466 e. The smallest absolute Gasteiger partial charge is 0.305 e. The average molecular weight is 434 g/mol. The molecule has 152 valence electrons. The second-order valence-electron chi connectivity index (χ2n) is 6.06. The van der Waals surface area contributed by atoms with Gasteiger partial charge in [-0.1, -0.05) is 23.9 Å². The molecule has 0 spiro atoms. The molecule has 0 aliphatic rings. The van der Waals surface area contributed by atoms with E-state index in [0.717, 1.165) is 21.3 Å². The van der Waals surface area contributed by atoms with Crippen LogP contribution in [0.1, 0.15) is 19.8 Å². The normalized spacial score (nSPS) is 10.8. The molecule has 1 amide bonds.